The van der Waals surface area contributed by atoms with Crippen LogP contribution in [0.2, 0.25) is 0 Å². The van der Waals surface area contributed by atoms with E-state index >= 15 is 0 Å². The molecular weight excluding hydrogens is 1020 g/mol. The third-order valence-corrected chi connectivity index (χ3v) is 16.1. The number of methoxy groups -OCH3 is 1. The van der Waals surface area contributed by atoms with Crippen LogP contribution in [0, 0.1) is 44.4 Å². The number of fused-ring (bicyclic) bond motifs is 8. The minimum Gasteiger partial charge on any atom is -0.493 e. The zero-order valence-corrected chi connectivity index (χ0v) is 46.3. The maximum Gasteiger partial charge on any atom is 0.446 e. The van der Waals surface area contributed by atoms with Gasteiger partial charge in [0, 0.05) is 48.5 Å². The molecule has 3 aromatic heterocycles. The smallest absolute Gasteiger partial charge is 0.446 e. The van der Waals surface area contributed by atoms with Crippen molar-refractivity contribution in [2.24, 2.45) is 28.7 Å². The van der Waals surface area contributed by atoms with E-state index in [0.29, 0.717) is 43.8 Å². The number of likely N-dealkylation sites (tertiary alicyclic amines) is 1. The first-order chi connectivity index (χ1) is 37.4. The van der Waals surface area contributed by atoms with E-state index in [9.17, 15) is 28.8 Å². The summed E-state index contributed by atoms with van der Waals surface area (Å²) >= 11 is 1.68. The zero-order valence-electron chi connectivity index (χ0n) is 45.5. The molecule has 9 rings (SSSR count). The number of carbonyl (C=O) groups is 6. The Hall–Kier alpha value is -7.39. The number of nitrogens with one attached hydrogen (secondary N) is 2. The molecule has 4 amide bonds. The number of ether oxygens (including phenoxy) is 3. The van der Waals surface area contributed by atoms with Crippen LogP contribution in [0.15, 0.2) is 71.9 Å². The molecule has 3 N–H and O–H groups in total. The number of esters is 2. The number of hydrogen-bond donors (Lipinski definition) is 3. The van der Waals surface area contributed by atoms with Crippen molar-refractivity contribution in [2.75, 3.05) is 33.4 Å². The van der Waals surface area contributed by atoms with Gasteiger partial charge in [-0.3, -0.25) is 43.3 Å². The normalized spacial score (nSPS) is 19.1. The summed E-state index contributed by atoms with van der Waals surface area (Å²) in [6.07, 6.45) is 8.59. The van der Waals surface area contributed by atoms with Crippen molar-refractivity contribution in [1.82, 2.24) is 35.2 Å². The Bertz CT molecular complexity index is 3120. The first-order valence-electron chi connectivity index (χ1n) is 26.9. The highest BCUT2D eigenvalue weighted by molar-refractivity contribution is 7.14. The van der Waals surface area contributed by atoms with E-state index in [4.69, 9.17) is 24.3 Å². The van der Waals surface area contributed by atoms with Crippen molar-refractivity contribution in [2.45, 2.75) is 124 Å². The minimum atomic E-state index is -0.674. The molecule has 5 heterocycles. The van der Waals surface area contributed by atoms with Crippen LogP contribution in [0.1, 0.15) is 123 Å². The number of carbonyl (C=O) groups excluding carboxylic acids is 6. The van der Waals surface area contributed by atoms with E-state index in [0.717, 1.165) is 55.9 Å². The van der Waals surface area contributed by atoms with Crippen molar-refractivity contribution < 1.29 is 57.3 Å². The molecule has 0 unspecified atom stereocenters. The predicted molar refractivity (Wildman–Crippen MR) is 285 cm³/mol. The fraction of sp³-hybridized carbons (Fsp3) is 0.491. The number of H-pyrrole nitrogens is 1. The molecule has 21 heteroatoms. The number of nitrogens with zero attached hydrogens (tertiary/aromatic N) is 8. The number of aromatic nitrogens is 6. The van der Waals surface area contributed by atoms with Gasteiger partial charge in [-0.25, -0.2) is 0 Å². The topological polar surface area (TPSA) is 235 Å². The van der Waals surface area contributed by atoms with E-state index in [2.05, 4.69) is 51.3 Å². The van der Waals surface area contributed by atoms with E-state index in [-0.39, 0.29) is 117 Å². The molecule has 1 saturated carbocycles. The van der Waals surface area contributed by atoms with Gasteiger partial charge in [-0.2, -0.15) is 0 Å². The second-order valence-electron chi connectivity index (χ2n) is 21.5. The number of unbranched alkanes of at least 4 members (excludes halogenated alkanes) is 2. The molecule has 5 aromatic rings. The Morgan fingerprint density at radius 3 is 2.37 bits per heavy atom. The summed E-state index contributed by atoms with van der Waals surface area (Å²) < 4.78 is 23.0. The number of imide groups is 1. The lowest BCUT2D eigenvalue weighted by atomic mass is 9.85. The number of aliphatic hydroxyl groups excluding tert-OH is 1. The Kier molecular flexibility index (Phi) is 16.8. The van der Waals surface area contributed by atoms with Crippen molar-refractivity contribution >= 4 is 52.6 Å². The van der Waals surface area contributed by atoms with E-state index < -0.39 is 17.6 Å². The Morgan fingerprint density at radius 1 is 0.923 bits per heavy atom. The molecule has 20 nitrogen and oxygen atoms in total. The SMILES string of the molecule is COc1cc(C[n+]2[nH]c3[n+](c2C)-c2sc(C)c(C)c2C(c2ccccc2)=N[C@H]3CC(=O)OC(C)(C)C)ccc1OC(=O)CCn1cc(CN(CCC(=O)NCCO)C(=O)CCCCCN2C(=O)[C@@H]3[C@H](C2=O)[C@H]2C=C[C@@H]3C2)nn1. The van der Waals surface area contributed by atoms with Gasteiger partial charge < -0.3 is 29.5 Å². The molecule has 2 bridgehead atoms. The van der Waals surface area contributed by atoms with Gasteiger partial charge in [0.2, 0.25) is 30.2 Å². The van der Waals surface area contributed by atoms with Crippen LogP contribution in [0.3, 0.4) is 0 Å². The van der Waals surface area contributed by atoms with Crippen molar-refractivity contribution in [3.8, 4) is 16.5 Å². The third kappa shape index (κ3) is 12.2. The van der Waals surface area contributed by atoms with E-state index in [1.54, 1.807) is 28.5 Å². The van der Waals surface area contributed by atoms with Crippen molar-refractivity contribution in [3.63, 3.8) is 0 Å². The first-order valence-corrected chi connectivity index (χ1v) is 27.7. The number of rotatable bonds is 23. The summed E-state index contributed by atoms with van der Waals surface area (Å²) in [6, 6.07) is 14.8. The van der Waals surface area contributed by atoms with Gasteiger partial charge in [-0.1, -0.05) is 75.1 Å². The van der Waals surface area contributed by atoms with Crippen LogP contribution in [0.5, 0.6) is 11.5 Å². The number of hydrogen-bond acceptors (Lipinski definition) is 14. The fourth-order valence-corrected chi connectivity index (χ4v) is 12.3. The molecule has 412 valence electrons. The molecule has 1 saturated heterocycles. The van der Waals surface area contributed by atoms with Crippen LogP contribution < -0.4 is 24.0 Å². The number of benzene rings is 2. The van der Waals surface area contributed by atoms with Gasteiger partial charge in [0.05, 0.1) is 75.9 Å². The molecule has 2 aliphatic carbocycles. The summed E-state index contributed by atoms with van der Waals surface area (Å²) in [5, 5.41) is 24.8. The molecule has 2 aromatic carbocycles. The van der Waals surface area contributed by atoms with Gasteiger partial charge in [0.1, 0.15) is 11.3 Å². The molecule has 2 aliphatic heterocycles. The Labute approximate surface area is 457 Å². The second kappa shape index (κ2) is 23.7. The highest BCUT2D eigenvalue weighted by Crippen LogP contribution is 2.52. The van der Waals surface area contributed by atoms with Gasteiger partial charge in [-0.15, -0.1) is 5.10 Å². The minimum absolute atomic E-state index is 0.0129. The summed E-state index contributed by atoms with van der Waals surface area (Å²) in [5.41, 5.74) is 4.53. The summed E-state index contributed by atoms with van der Waals surface area (Å²) in [4.78, 5) is 88.6. The van der Waals surface area contributed by atoms with Crippen molar-refractivity contribution in [1.29, 1.82) is 0 Å². The number of aromatic amines is 1. The predicted octanol–water partition coefficient (Wildman–Crippen LogP) is 5.03. The number of amides is 4. The van der Waals surface area contributed by atoms with Gasteiger partial charge in [0.25, 0.3) is 5.00 Å². The maximum absolute atomic E-state index is 13.6. The number of aliphatic hydroxyl groups is 1. The second-order valence-corrected chi connectivity index (χ2v) is 22.7. The van der Waals surface area contributed by atoms with Gasteiger partial charge in [0.15, 0.2) is 17.5 Å². The molecule has 2 fully saturated rings. The van der Waals surface area contributed by atoms with Crippen LogP contribution in [0.25, 0.3) is 5.00 Å². The lowest BCUT2D eigenvalue weighted by Gasteiger charge is -2.22. The van der Waals surface area contributed by atoms with Crippen molar-refractivity contribution in [3.05, 3.63) is 111 Å². The highest BCUT2D eigenvalue weighted by Gasteiger charge is 2.59. The van der Waals surface area contributed by atoms with Gasteiger partial charge in [-0.05, 0) is 94.2 Å². The summed E-state index contributed by atoms with van der Waals surface area (Å²) in [6.45, 7) is 12.7. The number of allylic oxidation sites excluding steroid dienone is 2. The number of aliphatic imine (C=N–C) groups is 1. The monoisotopic (exact) mass is 1090 g/mol. The van der Waals surface area contributed by atoms with E-state index in [1.165, 1.54) is 16.7 Å². The number of thiophene rings is 1. The average molecular weight is 1090 g/mol. The van der Waals surface area contributed by atoms with Crippen LogP contribution >= 0.6 is 11.3 Å². The Morgan fingerprint density at radius 2 is 1.67 bits per heavy atom. The Balaban J connectivity index is 0.818. The van der Waals surface area contributed by atoms with Gasteiger partial charge >= 0.3 is 23.6 Å². The molecular formula is C57H70N10O10S+2. The lowest BCUT2D eigenvalue weighted by molar-refractivity contribution is -0.794. The molecule has 4 aliphatic rings. The highest BCUT2D eigenvalue weighted by atomic mass is 32.1. The summed E-state index contributed by atoms with van der Waals surface area (Å²) in [7, 11) is 1.51. The van der Waals surface area contributed by atoms with Crippen LogP contribution in [-0.2, 0) is 53.1 Å². The first kappa shape index (κ1) is 55.4. The molecule has 5 atom stereocenters. The molecule has 78 heavy (non-hydrogen) atoms. The lowest BCUT2D eigenvalue weighted by Crippen LogP contribution is -2.45. The quantitative estimate of drug-likeness (QED) is 0.0195. The zero-order chi connectivity index (χ0) is 55.4. The third-order valence-electron chi connectivity index (χ3n) is 14.9. The maximum atomic E-state index is 13.6. The largest absolute Gasteiger partial charge is 0.493 e. The summed E-state index contributed by atoms with van der Waals surface area (Å²) in [5.74, 6) is 0.519. The van der Waals surface area contributed by atoms with Crippen LogP contribution in [0.4, 0.5) is 0 Å². The van der Waals surface area contributed by atoms with Crippen LogP contribution in [-0.4, -0.2) is 115 Å². The fourth-order valence-electron chi connectivity index (χ4n) is 11.1. The van der Waals surface area contributed by atoms with E-state index in [1.807, 2.05) is 74.8 Å². The average Bonchev–Trinajstić information content (AvgIpc) is 4.48. The number of aryl methyl sites for hydroxylation is 2. The molecule has 0 radical (unpaired) electrons. The standard InChI is InChI=1S/C57H68N10O10S/c1-34-35(2)78-56-49(34)52(38-14-10-8-11-15-38)59-42(30-48(72)77-57(4,5)6)53-61-66(36(3)67(53)56)31-37-17-20-43(44(28-37)75-7)76-47(71)22-26-64-33-41(60-62-64)32-63(25-21-45(69)58-23-27-68)46(70)16-12-9-13-24-65-54(73)50-39-18-19-40(29-39)51(50)55(65)74/h8,10-11,14-15,17-20,28,33,39-40,42,50-51,68H,9,12-13,16,21-27,29-32H2,1-7H3/p+2/t39-,40+,42-,50+,51-/m0/s1. The molecule has 0 spiro atoms.